The number of piperidine rings is 1. The van der Waals surface area contributed by atoms with Crippen LogP contribution in [0.1, 0.15) is 34.7 Å². The van der Waals surface area contributed by atoms with Gasteiger partial charge in [-0.3, -0.25) is 25.5 Å². The Morgan fingerprint density at radius 1 is 1.27 bits per heavy atom. The third-order valence-electron chi connectivity index (χ3n) is 4.91. The molecular weight excluding hydrogens is 400 g/mol. The maximum Gasteiger partial charge on any atom is 0.256 e. The fourth-order valence-corrected chi connectivity index (χ4v) is 4.08. The van der Waals surface area contributed by atoms with Gasteiger partial charge < -0.3 is 10.6 Å². The van der Waals surface area contributed by atoms with Gasteiger partial charge in [-0.2, -0.15) is 0 Å². The number of nitrogens with two attached hydrogens (primary N) is 1. The molecule has 0 aliphatic carbocycles. The quantitative estimate of drug-likeness (QED) is 0.158. The van der Waals surface area contributed by atoms with Gasteiger partial charge in [0.15, 0.2) is 5.17 Å². The van der Waals surface area contributed by atoms with Crippen LogP contribution in [0, 0.1) is 5.41 Å². The van der Waals surface area contributed by atoms with Gasteiger partial charge in [0.2, 0.25) is 0 Å². The van der Waals surface area contributed by atoms with Crippen molar-refractivity contribution in [2.24, 2.45) is 5.84 Å². The first kappa shape index (κ1) is 22.1. The second-order valence-corrected chi connectivity index (χ2v) is 8.19. The van der Waals surface area contributed by atoms with E-state index in [1.165, 1.54) is 30.5 Å². The highest BCUT2D eigenvalue weighted by Crippen LogP contribution is 2.29. The van der Waals surface area contributed by atoms with Crippen molar-refractivity contribution in [1.82, 2.24) is 10.3 Å². The Hall–Kier alpha value is -2.59. The van der Waals surface area contributed by atoms with Crippen LogP contribution in [0.25, 0.3) is 0 Å². The lowest BCUT2D eigenvalue weighted by molar-refractivity contribution is 0.102. The zero-order chi connectivity index (χ0) is 21.5. The normalized spacial score (nSPS) is 16.0. The van der Waals surface area contributed by atoms with Crippen LogP contribution in [-0.4, -0.2) is 43.3 Å². The Balaban J connectivity index is 1.77. The molecule has 1 unspecified atom stereocenters. The summed E-state index contributed by atoms with van der Waals surface area (Å²) in [7, 11) is 3.09. The van der Waals surface area contributed by atoms with Crippen LogP contribution in [0.15, 0.2) is 47.4 Å². The Morgan fingerprint density at radius 2 is 2.00 bits per heavy atom. The second kappa shape index (κ2) is 10.4. The summed E-state index contributed by atoms with van der Waals surface area (Å²) >= 11 is 1.11. The minimum atomic E-state index is -0.267. The molecule has 2 aromatic carbocycles. The largest absolute Gasteiger partial charge is 0.322 e. The highest BCUT2D eigenvalue weighted by Gasteiger charge is 2.17. The molecule has 1 fully saturated rings. The molecule has 1 aliphatic heterocycles. The van der Waals surface area contributed by atoms with E-state index < -0.39 is 0 Å². The van der Waals surface area contributed by atoms with Crippen molar-refractivity contribution in [3.63, 3.8) is 0 Å². The van der Waals surface area contributed by atoms with Crippen LogP contribution in [-0.2, 0) is 4.84 Å². The third-order valence-corrected chi connectivity index (χ3v) is 5.97. The number of hydrazine groups is 1. The predicted octanol–water partition coefficient (Wildman–Crippen LogP) is 3.21. The number of hydrogen-bond acceptors (Lipinski definition) is 7. The summed E-state index contributed by atoms with van der Waals surface area (Å²) in [4.78, 5) is 18.6. The Labute approximate surface area is 181 Å². The zero-order valence-corrected chi connectivity index (χ0v) is 18.0. The van der Waals surface area contributed by atoms with Gasteiger partial charge in [-0.1, -0.05) is 23.9 Å². The number of benzene rings is 2. The molecule has 2 aromatic rings. The minimum absolute atomic E-state index is 0.127. The molecule has 0 radical (unpaired) electrons. The van der Waals surface area contributed by atoms with E-state index in [-0.39, 0.29) is 11.1 Å². The number of nitrogens with zero attached hydrogens (tertiary/aromatic N) is 1. The third kappa shape index (κ3) is 5.73. The number of carbonyl (C=O) groups is 1. The lowest BCUT2D eigenvalue weighted by atomic mass is 9.91. The van der Waals surface area contributed by atoms with Crippen molar-refractivity contribution in [3.05, 3.63) is 53.6 Å². The molecule has 9 heteroatoms. The first-order valence-electron chi connectivity index (χ1n) is 9.78. The SMILES string of the molecule is CONc1ccc(SC(=N)N(C)N)c(C(=O)Nc2ccc(C3CCCNC3)cc2)c1. The lowest BCUT2D eigenvalue weighted by Crippen LogP contribution is -2.30. The van der Waals surface area contributed by atoms with Gasteiger partial charge in [0.25, 0.3) is 5.91 Å². The summed E-state index contributed by atoms with van der Waals surface area (Å²) in [5.41, 5.74) is 5.80. The number of rotatable bonds is 6. The van der Waals surface area contributed by atoms with Gasteiger partial charge >= 0.3 is 0 Å². The van der Waals surface area contributed by atoms with E-state index >= 15 is 0 Å². The second-order valence-electron chi connectivity index (χ2n) is 7.15. The standard InChI is InChI=1S/C21H28N6O2S/c1-27(23)21(22)30-19-10-9-17(26-29-2)12-18(19)20(28)25-16-7-5-14(6-8-16)15-4-3-11-24-13-15/h5-10,12,15,22,24,26H,3-4,11,13,23H2,1-2H3,(H,25,28). The van der Waals surface area contributed by atoms with Crippen LogP contribution in [0.4, 0.5) is 11.4 Å². The summed E-state index contributed by atoms with van der Waals surface area (Å²) < 4.78 is 0. The average Bonchev–Trinajstić information content (AvgIpc) is 2.76. The number of amidine groups is 1. The molecule has 0 aromatic heterocycles. The smallest absolute Gasteiger partial charge is 0.256 e. The summed E-state index contributed by atoms with van der Waals surface area (Å²) in [6, 6.07) is 13.2. The molecule has 1 atom stereocenters. The molecular formula is C21H28N6O2S. The van der Waals surface area contributed by atoms with Crippen LogP contribution in [0.2, 0.25) is 0 Å². The highest BCUT2D eigenvalue weighted by molar-refractivity contribution is 8.13. The predicted molar refractivity (Wildman–Crippen MR) is 122 cm³/mol. The average molecular weight is 429 g/mol. The van der Waals surface area contributed by atoms with Gasteiger partial charge in [-0.15, -0.1) is 0 Å². The highest BCUT2D eigenvalue weighted by atomic mass is 32.2. The van der Waals surface area contributed by atoms with Gasteiger partial charge in [0.1, 0.15) is 0 Å². The number of thioether (sulfide) groups is 1. The fourth-order valence-electron chi connectivity index (χ4n) is 3.33. The molecule has 8 nitrogen and oxygen atoms in total. The van der Waals surface area contributed by atoms with Gasteiger partial charge in [-0.05, 0) is 61.2 Å². The Morgan fingerprint density at radius 3 is 2.63 bits per heavy atom. The van der Waals surface area contributed by atoms with Crippen molar-refractivity contribution in [2.45, 2.75) is 23.7 Å². The van der Waals surface area contributed by atoms with Crippen molar-refractivity contribution in [1.29, 1.82) is 5.41 Å². The summed E-state index contributed by atoms with van der Waals surface area (Å²) in [5, 5.41) is 15.7. The van der Waals surface area contributed by atoms with Gasteiger partial charge in [-0.25, -0.2) is 5.84 Å². The minimum Gasteiger partial charge on any atom is -0.322 e. The van der Waals surface area contributed by atoms with E-state index in [0.717, 1.165) is 30.5 Å². The number of hydrogen-bond donors (Lipinski definition) is 5. The molecule has 3 rings (SSSR count). The summed E-state index contributed by atoms with van der Waals surface area (Å²) in [5.74, 6) is 5.89. The number of carbonyl (C=O) groups excluding carboxylic acids is 1. The zero-order valence-electron chi connectivity index (χ0n) is 17.2. The number of nitrogens with one attached hydrogen (secondary N) is 4. The topological polar surface area (TPSA) is 116 Å². The molecule has 1 aliphatic rings. The van der Waals surface area contributed by atoms with Gasteiger partial charge in [0.05, 0.1) is 18.4 Å². The van der Waals surface area contributed by atoms with Crippen LogP contribution < -0.4 is 22.0 Å². The number of amides is 1. The monoisotopic (exact) mass is 428 g/mol. The van der Waals surface area contributed by atoms with Crippen molar-refractivity contribution in [2.75, 3.05) is 38.0 Å². The molecule has 1 heterocycles. The van der Waals surface area contributed by atoms with Gasteiger partial charge in [0, 0.05) is 24.2 Å². The van der Waals surface area contributed by atoms with Crippen LogP contribution >= 0.6 is 11.8 Å². The Bertz CT molecular complexity index is 882. The van der Waals surface area contributed by atoms with E-state index in [0.29, 0.717) is 22.1 Å². The van der Waals surface area contributed by atoms with Crippen molar-refractivity contribution < 1.29 is 9.63 Å². The van der Waals surface area contributed by atoms with Crippen LogP contribution in [0.5, 0.6) is 0 Å². The Kier molecular flexibility index (Phi) is 7.69. The molecule has 1 saturated heterocycles. The molecule has 6 N–H and O–H groups in total. The van der Waals surface area contributed by atoms with Crippen molar-refractivity contribution >= 4 is 34.2 Å². The lowest BCUT2D eigenvalue weighted by Gasteiger charge is -2.23. The molecule has 0 bridgehead atoms. The maximum absolute atomic E-state index is 13.0. The van der Waals surface area contributed by atoms with E-state index in [4.69, 9.17) is 16.1 Å². The van der Waals surface area contributed by atoms with E-state index in [1.807, 2.05) is 12.1 Å². The molecule has 1 amide bonds. The number of anilines is 2. The first-order chi connectivity index (χ1) is 14.5. The van der Waals surface area contributed by atoms with E-state index in [1.54, 1.807) is 25.2 Å². The summed E-state index contributed by atoms with van der Waals surface area (Å²) in [6.45, 7) is 2.08. The summed E-state index contributed by atoms with van der Waals surface area (Å²) in [6.07, 6.45) is 2.36. The molecule has 30 heavy (non-hydrogen) atoms. The molecule has 0 saturated carbocycles. The first-order valence-corrected chi connectivity index (χ1v) is 10.6. The fraction of sp³-hybridized carbons (Fsp3) is 0.333. The van der Waals surface area contributed by atoms with E-state index in [2.05, 4.69) is 28.2 Å². The molecule has 0 spiro atoms. The molecule has 160 valence electrons. The van der Waals surface area contributed by atoms with Crippen LogP contribution in [0.3, 0.4) is 0 Å². The van der Waals surface area contributed by atoms with Crippen molar-refractivity contribution in [3.8, 4) is 0 Å². The van der Waals surface area contributed by atoms with E-state index in [9.17, 15) is 4.79 Å². The maximum atomic E-state index is 13.0.